The molecule has 0 saturated carbocycles. The van der Waals surface area contributed by atoms with Crippen molar-refractivity contribution in [3.8, 4) is 0 Å². The van der Waals surface area contributed by atoms with Crippen LogP contribution in [0, 0.1) is 4.77 Å². The first-order valence-electron chi connectivity index (χ1n) is 7.06. The summed E-state index contributed by atoms with van der Waals surface area (Å²) in [6.07, 6.45) is 3.22. The summed E-state index contributed by atoms with van der Waals surface area (Å²) in [5.41, 5.74) is 1.24. The van der Waals surface area contributed by atoms with E-state index in [1.165, 1.54) is 10.4 Å². The van der Waals surface area contributed by atoms with Crippen molar-refractivity contribution in [2.45, 2.75) is 25.8 Å². The average molecular weight is 326 g/mol. The van der Waals surface area contributed by atoms with Gasteiger partial charge in [0, 0.05) is 12.0 Å². The van der Waals surface area contributed by atoms with Gasteiger partial charge in [-0.2, -0.15) is 0 Å². The Kier molecular flexibility index (Phi) is 4.54. The van der Waals surface area contributed by atoms with Gasteiger partial charge in [0.1, 0.15) is 4.83 Å². The van der Waals surface area contributed by atoms with Crippen LogP contribution in [0.5, 0.6) is 0 Å². The number of nitrogens with one attached hydrogen (secondary N) is 1. The van der Waals surface area contributed by atoms with Gasteiger partial charge in [0.15, 0.2) is 4.77 Å². The molecule has 0 aromatic carbocycles. The van der Waals surface area contributed by atoms with E-state index < -0.39 is 0 Å². The van der Waals surface area contributed by atoms with Gasteiger partial charge >= 0.3 is 0 Å². The molecule has 7 heteroatoms. The standard InChI is InChI=1S/C14H18N2O3S2/c1-18-7-8-19-6-5-16-13(17)11-9-3-2-4-10(9)21-12(11)15-14(16)20/h2-8H2,1H3,(H,15,20). The van der Waals surface area contributed by atoms with Crippen LogP contribution in [0.15, 0.2) is 4.79 Å². The molecule has 0 fully saturated rings. The summed E-state index contributed by atoms with van der Waals surface area (Å²) < 4.78 is 12.4. The molecule has 1 aliphatic carbocycles. The number of hydrogen-bond acceptors (Lipinski definition) is 5. The number of aromatic amines is 1. The summed E-state index contributed by atoms with van der Waals surface area (Å²) in [4.78, 5) is 18.1. The summed E-state index contributed by atoms with van der Waals surface area (Å²) in [5, 5.41) is 0.831. The Labute approximate surface area is 131 Å². The number of H-pyrrole nitrogens is 1. The largest absolute Gasteiger partial charge is 0.382 e. The fourth-order valence-electron chi connectivity index (χ4n) is 2.71. The van der Waals surface area contributed by atoms with Crippen molar-refractivity contribution in [1.29, 1.82) is 0 Å². The Morgan fingerprint density at radius 3 is 3.00 bits per heavy atom. The first-order chi connectivity index (χ1) is 10.2. The van der Waals surface area contributed by atoms with Crippen molar-refractivity contribution >= 4 is 33.8 Å². The van der Waals surface area contributed by atoms with Crippen LogP contribution >= 0.6 is 23.6 Å². The third-order valence-corrected chi connectivity index (χ3v) is 5.27. The summed E-state index contributed by atoms with van der Waals surface area (Å²) >= 11 is 6.98. The molecule has 0 bridgehead atoms. The van der Waals surface area contributed by atoms with Crippen LogP contribution in [0.2, 0.25) is 0 Å². The lowest BCUT2D eigenvalue weighted by molar-refractivity contribution is 0.0661. The minimum Gasteiger partial charge on any atom is -0.382 e. The lowest BCUT2D eigenvalue weighted by atomic mass is 10.2. The van der Waals surface area contributed by atoms with Gasteiger partial charge in [0.25, 0.3) is 5.56 Å². The minimum atomic E-state index is 0.0171. The molecule has 5 nitrogen and oxygen atoms in total. The van der Waals surface area contributed by atoms with Crippen molar-refractivity contribution in [3.05, 3.63) is 25.6 Å². The smallest absolute Gasteiger partial charge is 0.263 e. The van der Waals surface area contributed by atoms with Gasteiger partial charge in [-0.15, -0.1) is 11.3 Å². The Balaban J connectivity index is 1.88. The topological polar surface area (TPSA) is 56.2 Å². The van der Waals surface area contributed by atoms with E-state index in [0.29, 0.717) is 31.1 Å². The van der Waals surface area contributed by atoms with Crippen LogP contribution in [-0.4, -0.2) is 36.5 Å². The van der Waals surface area contributed by atoms with E-state index in [4.69, 9.17) is 21.7 Å². The number of hydrogen-bond donors (Lipinski definition) is 1. The Hall–Kier alpha value is -1.02. The molecule has 1 N–H and O–H groups in total. The predicted octanol–water partition coefficient (Wildman–Crippen LogP) is 2.27. The van der Waals surface area contributed by atoms with Crippen molar-refractivity contribution in [2.24, 2.45) is 0 Å². The Morgan fingerprint density at radius 1 is 1.33 bits per heavy atom. The maximum absolute atomic E-state index is 12.7. The number of ether oxygens (including phenoxy) is 2. The Bertz CT molecular complexity index is 760. The highest BCUT2D eigenvalue weighted by atomic mass is 32.1. The molecule has 0 radical (unpaired) electrons. The van der Waals surface area contributed by atoms with Crippen LogP contribution in [-0.2, 0) is 28.9 Å². The number of rotatable bonds is 6. The van der Waals surface area contributed by atoms with E-state index in [1.54, 1.807) is 23.0 Å². The van der Waals surface area contributed by atoms with Crippen LogP contribution in [0.3, 0.4) is 0 Å². The number of thiophene rings is 1. The van der Waals surface area contributed by atoms with E-state index in [9.17, 15) is 4.79 Å². The number of fused-ring (bicyclic) bond motifs is 3. The van der Waals surface area contributed by atoms with Crippen LogP contribution in [0.4, 0.5) is 0 Å². The molecular weight excluding hydrogens is 308 g/mol. The van der Waals surface area contributed by atoms with Crippen molar-refractivity contribution in [2.75, 3.05) is 26.9 Å². The molecule has 0 amide bonds. The van der Waals surface area contributed by atoms with E-state index in [0.717, 1.165) is 29.5 Å². The van der Waals surface area contributed by atoms with E-state index in [-0.39, 0.29) is 5.56 Å². The summed E-state index contributed by atoms with van der Waals surface area (Å²) in [6, 6.07) is 0. The highest BCUT2D eigenvalue weighted by molar-refractivity contribution is 7.71. The van der Waals surface area contributed by atoms with E-state index in [2.05, 4.69) is 4.98 Å². The summed E-state index contributed by atoms with van der Waals surface area (Å²) in [5.74, 6) is 0. The zero-order valence-electron chi connectivity index (χ0n) is 11.9. The van der Waals surface area contributed by atoms with Gasteiger partial charge in [-0.05, 0) is 37.0 Å². The third kappa shape index (κ3) is 2.83. The highest BCUT2D eigenvalue weighted by Gasteiger charge is 2.21. The Morgan fingerprint density at radius 2 is 2.19 bits per heavy atom. The molecular formula is C14H18N2O3S2. The van der Waals surface area contributed by atoms with Crippen molar-refractivity contribution < 1.29 is 9.47 Å². The van der Waals surface area contributed by atoms with Crippen molar-refractivity contribution in [3.63, 3.8) is 0 Å². The number of aryl methyl sites for hydroxylation is 2. The zero-order chi connectivity index (χ0) is 14.8. The van der Waals surface area contributed by atoms with Crippen LogP contribution < -0.4 is 5.56 Å². The van der Waals surface area contributed by atoms with Crippen LogP contribution in [0.25, 0.3) is 10.2 Å². The second-order valence-electron chi connectivity index (χ2n) is 5.05. The van der Waals surface area contributed by atoms with E-state index >= 15 is 0 Å². The lowest BCUT2D eigenvalue weighted by Crippen LogP contribution is -2.24. The molecule has 0 aliphatic heterocycles. The minimum absolute atomic E-state index is 0.0171. The lowest BCUT2D eigenvalue weighted by Gasteiger charge is -2.07. The van der Waals surface area contributed by atoms with Gasteiger partial charge in [-0.3, -0.25) is 9.36 Å². The number of nitrogens with zero attached hydrogens (tertiary/aromatic N) is 1. The molecule has 21 heavy (non-hydrogen) atoms. The zero-order valence-corrected chi connectivity index (χ0v) is 13.6. The monoisotopic (exact) mass is 326 g/mol. The first kappa shape index (κ1) is 14.9. The first-order valence-corrected chi connectivity index (χ1v) is 8.29. The quantitative estimate of drug-likeness (QED) is 0.653. The van der Waals surface area contributed by atoms with Gasteiger partial charge in [0.05, 0.1) is 31.8 Å². The van der Waals surface area contributed by atoms with Gasteiger partial charge in [0.2, 0.25) is 0 Å². The fraction of sp³-hybridized carbons (Fsp3) is 0.571. The summed E-state index contributed by atoms with van der Waals surface area (Å²) in [6.45, 7) is 2.01. The van der Waals surface area contributed by atoms with Crippen molar-refractivity contribution in [1.82, 2.24) is 9.55 Å². The summed E-state index contributed by atoms with van der Waals surface area (Å²) in [7, 11) is 1.63. The van der Waals surface area contributed by atoms with Crippen LogP contribution in [0.1, 0.15) is 16.9 Å². The molecule has 0 atom stereocenters. The molecule has 2 aromatic heterocycles. The predicted molar refractivity (Wildman–Crippen MR) is 86.0 cm³/mol. The van der Waals surface area contributed by atoms with Gasteiger partial charge in [-0.1, -0.05) is 0 Å². The van der Waals surface area contributed by atoms with Gasteiger partial charge in [-0.25, -0.2) is 0 Å². The molecule has 1 aliphatic rings. The molecule has 3 rings (SSSR count). The van der Waals surface area contributed by atoms with E-state index in [1.807, 2.05) is 0 Å². The average Bonchev–Trinajstić information content (AvgIpc) is 3.01. The molecule has 0 spiro atoms. The van der Waals surface area contributed by atoms with Gasteiger partial charge < -0.3 is 14.5 Å². The maximum Gasteiger partial charge on any atom is 0.263 e. The molecule has 114 valence electrons. The second-order valence-corrected chi connectivity index (χ2v) is 6.55. The number of aromatic nitrogens is 2. The number of methoxy groups -OCH3 is 1. The molecule has 2 heterocycles. The molecule has 0 saturated heterocycles. The maximum atomic E-state index is 12.7. The fourth-order valence-corrected chi connectivity index (χ4v) is 4.33. The highest BCUT2D eigenvalue weighted by Crippen LogP contribution is 2.34. The SMILES string of the molecule is COCCOCCn1c(=S)[nH]c2sc3c(c2c1=O)CCC3. The second kappa shape index (κ2) is 6.39. The molecule has 0 unspecified atom stereocenters. The normalized spacial score (nSPS) is 14.0. The third-order valence-electron chi connectivity index (χ3n) is 3.74. The molecule has 2 aromatic rings.